The maximum atomic E-state index is 3.89. The van der Waals surface area contributed by atoms with Crippen LogP contribution in [0.3, 0.4) is 0 Å². The molecule has 0 spiro atoms. The fourth-order valence-corrected chi connectivity index (χ4v) is 2.36. The average molecular weight is 206 g/mol. The highest BCUT2D eigenvalue weighted by Crippen LogP contribution is 2.44. The molecule has 4 unspecified atom stereocenters. The van der Waals surface area contributed by atoms with Crippen molar-refractivity contribution in [2.24, 2.45) is 23.7 Å². The molecule has 4 atom stereocenters. The van der Waals surface area contributed by atoms with Crippen LogP contribution in [0.5, 0.6) is 0 Å². The molecule has 1 rings (SSSR count). The van der Waals surface area contributed by atoms with Gasteiger partial charge in [-0.1, -0.05) is 39.0 Å². The van der Waals surface area contributed by atoms with Gasteiger partial charge in [-0.25, -0.2) is 0 Å². The van der Waals surface area contributed by atoms with E-state index in [1.807, 2.05) is 0 Å². The van der Waals surface area contributed by atoms with Crippen LogP contribution in [-0.4, -0.2) is 0 Å². The van der Waals surface area contributed by atoms with Gasteiger partial charge in [-0.3, -0.25) is 0 Å². The first-order valence-electron chi connectivity index (χ1n) is 6.46. The van der Waals surface area contributed by atoms with E-state index in [0.29, 0.717) is 0 Å². The molecule has 15 heavy (non-hydrogen) atoms. The third kappa shape index (κ3) is 4.24. The van der Waals surface area contributed by atoms with Crippen LogP contribution in [0, 0.1) is 23.7 Å². The molecule has 1 aliphatic carbocycles. The van der Waals surface area contributed by atoms with Crippen LogP contribution in [0.15, 0.2) is 24.8 Å². The zero-order valence-corrected chi connectivity index (χ0v) is 10.6. The molecule has 0 radical (unpaired) electrons. The van der Waals surface area contributed by atoms with Gasteiger partial charge in [-0.05, 0) is 49.4 Å². The van der Waals surface area contributed by atoms with Crippen molar-refractivity contribution in [3.8, 4) is 0 Å². The smallest absolute Gasteiger partial charge is 0.0231 e. The molecule has 0 saturated heterocycles. The first kappa shape index (κ1) is 12.5. The molecule has 0 nitrogen and oxygen atoms in total. The maximum Gasteiger partial charge on any atom is -0.0231 e. The van der Waals surface area contributed by atoms with E-state index in [1.165, 1.54) is 19.3 Å². The van der Waals surface area contributed by atoms with Crippen molar-refractivity contribution in [3.63, 3.8) is 0 Å². The molecule has 1 fully saturated rings. The van der Waals surface area contributed by atoms with Crippen LogP contribution in [0.25, 0.3) is 0 Å². The van der Waals surface area contributed by atoms with Gasteiger partial charge in [-0.15, -0.1) is 6.58 Å². The molecule has 0 aliphatic heterocycles. The Balaban J connectivity index is 2.40. The molecular weight excluding hydrogens is 180 g/mol. The van der Waals surface area contributed by atoms with Crippen molar-refractivity contribution in [1.29, 1.82) is 0 Å². The zero-order valence-electron chi connectivity index (χ0n) is 10.6. The Morgan fingerprint density at radius 2 is 2.13 bits per heavy atom. The first-order valence-corrected chi connectivity index (χ1v) is 6.46. The Morgan fingerprint density at radius 1 is 1.47 bits per heavy atom. The highest BCUT2D eigenvalue weighted by Gasteiger charge is 2.34. The number of hydrogen-bond acceptors (Lipinski definition) is 0. The molecule has 1 aliphatic rings. The molecule has 0 aromatic rings. The summed E-state index contributed by atoms with van der Waals surface area (Å²) in [5, 5.41) is 0. The molecule has 0 heteroatoms. The minimum atomic E-state index is 0.718. The molecule has 0 aromatic heterocycles. The number of hydrogen-bond donors (Lipinski definition) is 0. The van der Waals surface area contributed by atoms with Crippen LogP contribution in [0.4, 0.5) is 0 Å². The average Bonchev–Trinajstić information content (AvgIpc) is 2.90. The van der Waals surface area contributed by atoms with Crippen molar-refractivity contribution < 1.29 is 0 Å². The third-order valence-electron chi connectivity index (χ3n) is 3.77. The van der Waals surface area contributed by atoms with Crippen molar-refractivity contribution in [1.82, 2.24) is 0 Å². The molecule has 86 valence electrons. The monoisotopic (exact) mass is 206 g/mol. The summed E-state index contributed by atoms with van der Waals surface area (Å²) in [6.45, 7) is 10.8. The lowest BCUT2D eigenvalue weighted by Gasteiger charge is -2.20. The van der Waals surface area contributed by atoms with Gasteiger partial charge in [0.15, 0.2) is 0 Å². The summed E-state index contributed by atoms with van der Waals surface area (Å²) >= 11 is 0. The predicted octanol–water partition coefficient (Wildman–Crippen LogP) is 4.83. The quantitative estimate of drug-likeness (QED) is 0.523. The summed E-state index contributed by atoms with van der Waals surface area (Å²) in [6.07, 6.45) is 12.0. The lowest BCUT2D eigenvalue weighted by molar-refractivity contribution is 0.368. The predicted molar refractivity (Wildman–Crippen MR) is 68.8 cm³/mol. The Hall–Kier alpha value is -0.520. The minimum absolute atomic E-state index is 0.718. The molecule has 0 N–H and O–H groups in total. The van der Waals surface area contributed by atoms with E-state index in [2.05, 4.69) is 45.6 Å². The molecule has 0 aromatic carbocycles. The summed E-state index contributed by atoms with van der Waals surface area (Å²) in [4.78, 5) is 0. The summed E-state index contributed by atoms with van der Waals surface area (Å²) < 4.78 is 0. The van der Waals surface area contributed by atoms with Crippen molar-refractivity contribution in [2.45, 2.75) is 46.5 Å². The normalized spacial score (nSPS) is 29.0. The molecule has 0 heterocycles. The Morgan fingerprint density at radius 3 is 2.60 bits per heavy atom. The fourth-order valence-electron chi connectivity index (χ4n) is 2.36. The SMILES string of the molecule is C=CCC(CC1CC1C)C(C)C=CCC. The highest BCUT2D eigenvalue weighted by molar-refractivity contribution is 4.94. The molecule has 1 saturated carbocycles. The van der Waals surface area contributed by atoms with Crippen LogP contribution >= 0.6 is 0 Å². The number of allylic oxidation sites excluding steroid dienone is 3. The van der Waals surface area contributed by atoms with E-state index < -0.39 is 0 Å². The standard InChI is InChI=1S/C15H26/c1-5-7-9-12(3)14(8-6-2)11-15-10-13(15)4/h6-7,9,12-15H,2,5,8,10-11H2,1,3-4H3. The van der Waals surface area contributed by atoms with Crippen molar-refractivity contribution in [3.05, 3.63) is 24.8 Å². The topological polar surface area (TPSA) is 0 Å². The molecular formula is C15H26. The van der Waals surface area contributed by atoms with Gasteiger partial charge in [0.1, 0.15) is 0 Å². The maximum absolute atomic E-state index is 3.89. The second-order valence-electron chi connectivity index (χ2n) is 5.19. The van der Waals surface area contributed by atoms with Gasteiger partial charge in [0.25, 0.3) is 0 Å². The van der Waals surface area contributed by atoms with Crippen LogP contribution < -0.4 is 0 Å². The van der Waals surface area contributed by atoms with E-state index >= 15 is 0 Å². The molecule has 0 bridgehead atoms. The van der Waals surface area contributed by atoms with Crippen molar-refractivity contribution in [2.75, 3.05) is 0 Å². The number of rotatable bonds is 7. The van der Waals surface area contributed by atoms with Gasteiger partial charge >= 0.3 is 0 Å². The summed E-state index contributed by atoms with van der Waals surface area (Å²) in [6, 6.07) is 0. The lowest BCUT2D eigenvalue weighted by Crippen LogP contribution is -2.10. The summed E-state index contributed by atoms with van der Waals surface area (Å²) in [7, 11) is 0. The highest BCUT2D eigenvalue weighted by atomic mass is 14.4. The Kier molecular flexibility index (Phi) is 5.14. The van der Waals surface area contributed by atoms with E-state index in [-0.39, 0.29) is 0 Å². The van der Waals surface area contributed by atoms with E-state index in [9.17, 15) is 0 Å². The fraction of sp³-hybridized carbons (Fsp3) is 0.733. The van der Waals surface area contributed by atoms with Gasteiger partial charge in [0, 0.05) is 0 Å². The van der Waals surface area contributed by atoms with Gasteiger partial charge in [0.05, 0.1) is 0 Å². The minimum Gasteiger partial charge on any atom is -0.103 e. The van der Waals surface area contributed by atoms with Crippen LogP contribution in [-0.2, 0) is 0 Å². The Labute approximate surface area is 95.5 Å². The van der Waals surface area contributed by atoms with Gasteiger partial charge < -0.3 is 0 Å². The van der Waals surface area contributed by atoms with E-state index in [4.69, 9.17) is 0 Å². The Bertz CT molecular complexity index is 214. The first-order chi connectivity index (χ1) is 7.19. The van der Waals surface area contributed by atoms with Gasteiger partial charge in [-0.2, -0.15) is 0 Å². The van der Waals surface area contributed by atoms with Crippen LogP contribution in [0.1, 0.15) is 46.5 Å². The largest absolute Gasteiger partial charge is 0.103 e. The second kappa shape index (κ2) is 6.15. The molecule has 0 amide bonds. The van der Waals surface area contributed by atoms with Crippen molar-refractivity contribution >= 4 is 0 Å². The third-order valence-corrected chi connectivity index (χ3v) is 3.77. The van der Waals surface area contributed by atoms with E-state index in [1.54, 1.807) is 0 Å². The van der Waals surface area contributed by atoms with Crippen LogP contribution in [0.2, 0.25) is 0 Å². The van der Waals surface area contributed by atoms with Gasteiger partial charge in [0.2, 0.25) is 0 Å². The summed E-state index contributed by atoms with van der Waals surface area (Å²) in [5.41, 5.74) is 0. The summed E-state index contributed by atoms with van der Waals surface area (Å²) in [5.74, 6) is 3.53. The van der Waals surface area contributed by atoms with E-state index in [0.717, 1.165) is 30.1 Å². The zero-order chi connectivity index (χ0) is 11.3. The second-order valence-corrected chi connectivity index (χ2v) is 5.19. The lowest BCUT2D eigenvalue weighted by atomic mass is 9.85.